The van der Waals surface area contributed by atoms with Crippen molar-refractivity contribution in [2.45, 2.75) is 32.4 Å². The van der Waals surface area contributed by atoms with Crippen molar-refractivity contribution >= 4 is 0 Å². The van der Waals surface area contributed by atoms with E-state index in [2.05, 4.69) is 11.5 Å². The average Bonchev–Trinajstić information content (AvgIpc) is 2.83. The van der Waals surface area contributed by atoms with Crippen LogP contribution in [0.15, 0.2) is 18.2 Å². The molecule has 1 aliphatic rings. The minimum Gasteiger partial charge on any atom is -0.493 e. The van der Waals surface area contributed by atoms with Crippen LogP contribution in [0.2, 0.25) is 0 Å². The van der Waals surface area contributed by atoms with Gasteiger partial charge in [-0.3, -0.25) is 0 Å². The van der Waals surface area contributed by atoms with Crippen molar-refractivity contribution in [1.29, 1.82) is 0 Å². The van der Waals surface area contributed by atoms with E-state index in [-0.39, 0.29) is 6.04 Å². The third-order valence-corrected chi connectivity index (χ3v) is 4.11. The molecule has 2 heterocycles. The smallest absolute Gasteiger partial charge is 0.161 e. The predicted molar refractivity (Wildman–Crippen MR) is 81.8 cm³/mol. The van der Waals surface area contributed by atoms with Gasteiger partial charge in [0.2, 0.25) is 0 Å². The van der Waals surface area contributed by atoms with Crippen molar-refractivity contribution in [3.8, 4) is 22.8 Å². The monoisotopic (exact) mass is 287 g/mol. The van der Waals surface area contributed by atoms with Crippen LogP contribution in [0.1, 0.15) is 17.9 Å². The van der Waals surface area contributed by atoms with Gasteiger partial charge in [-0.15, -0.1) is 0 Å². The van der Waals surface area contributed by atoms with Gasteiger partial charge in [0, 0.05) is 30.3 Å². The van der Waals surface area contributed by atoms with Crippen molar-refractivity contribution in [3.63, 3.8) is 0 Å². The first kappa shape index (κ1) is 13.9. The van der Waals surface area contributed by atoms with Crippen LogP contribution in [0.5, 0.6) is 11.5 Å². The molecule has 1 atom stereocenters. The lowest BCUT2D eigenvalue weighted by Crippen LogP contribution is -2.32. The quantitative estimate of drug-likeness (QED) is 0.939. The Hall–Kier alpha value is -2.01. The molecule has 1 aromatic heterocycles. The zero-order valence-electron chi connectivity index (χ0n) is 12.7. The Labute approximate surface area is 124 Å². The Morgan fingerprint density at radius 1 is 1.24 bits per heavy atom. The van der Waals surface area contributed by atoms with E-state index >= 15 is 0 Å². The molecule has 112 valence electrons. The molecule has 1 aliphatic heterocycles. The summed E-state index contributed by atoms with van der Waals surface area (Å²) in [6.07, 6.45) is 1.94. The number of fused-ring (bicyclic) bond motifs is 1. The fraction of sp³-hybridized carbons (Fsp3) is 0.438. The van der Waals surface area contributed by atoms with Gasteiger partial charge in [0.05, 0.1) is 19.9 Å². The largest absolute Gasteiger partial charge is 0.493 e. The van der Waals surface area contributed by atoms with E-state index in [9.17, 15) is 0 Å². The first-order chi connectivity index (χ1) is 10.1. The van der Waals surface area contributed by atoms with Gasteiger partial charge in [-0.1, -0.05) is 0 Å². The average molecular weight is 287 g/mol. The number of methoxy groups -OCH3 is 2. The maximum Gasteiger partial charge on any atom is 0.161 e. The van der Waals surface area contributed by atoms with Crippen LogP contribution in [0.4, 0.5) is 0 Å². The number of hydrogen-bond acceptors (Lipinski definition) is 4. The number of nitrogens with zero attached hydrogens (tertiary/aromatic N) is 2. The molecule has 0 saturated carbocycles. The predicted octanol–water partition coefficient (Wildman–Crippen LogP) is 2.15. The maximum absolute atomic E-state index is 6.06. The highest BCUT2D eigenvalue weighted by Gasteiger charge is 2.22. The van der Waals surface area contributed by atoms with Gasteiger partial charge < -0.3 is 19.8 Å². The molecule has 0 radical (unpaired) electrons. The van der Waals surface area contributed by atoms with Crippen LogP contribution < -0.4 is 15.2 Å². The molecule has 5 nitrogen and oxygen atoms in total. The molecular weight excluding hydrogens is 266 g/mol. The molecule has 2 N–H and O–H groups in total. The van der Waals surface area contributed by atoms with E-state index in [0.717, 1.165) is 53.7 Å². The van der Waals surface area contributed by atoms with Gasteiger partial charge in [-0.2, -0.15) is 0 Å². The zero-order valence-corrected chi connectivity index (χ0v) is 12.7. The lowest BCUT2D eigenvalue weighted by molar-refractivity contribution is 0.355. The van der Waals surface area contributed by atoms with Gasteiger partial charge in [0.25, 0.3) is 0 Å². The number of aromatic nitrogens is 2. The maximum atomic E-state index is 6.06. The molecule has 3 rings (SSSR count). The van der Waals surface area contributed by atoms with Crippen LogP contribution in [0.3, 0.4) is 0 Å². The second-order valence-electron chi connectivity index (χ2n) is 5.44. The van der Waals surface area contributed by atoms with E-state index < -0.39 is 0 Å². The summed E-state index contributed by atoms with van der Waals surface area (Å²) in [5.41, 5.74) is 9.27. The highest BCUT2D eigenvalue weighted by Crippen LogP contribution is 2.34. The molecule has 1 unspecified atom stereocenters. The van der Waals surface area contributed by atoms with Crippen LogP contribution in [-0.2, 0) is 13.0 Å². The summed E-state index contributed by atoms with van der Waals surface area (Å²) in [6.45, 7) is 2.95. The van der Waals surface area contributed by atoms with Crippen molar-refractivity contribution in [3.05, 3.63) is 29.7 Å². The standard InChI is InChI=1S/C16H21N3O2/c1-10-16(18-15-7-5-12(17)9-19(10)15)11-4-6-13(20-2)14(8-11)21-3/h4,6,8,12H,5,7,9,17H2,1-3H3. The second-order valence-corrected chi connectivity index (χ2v) is 5.44. The summed E-state index contributed by atoms with van der Waals surface area (Å²) in [7, 11) is 3.28. The summed E-state index contributed by atoms with van der Waals surface area (Å²) >= 11 is 0. The fourth-order valence-corrected chi connectivity index (χ4v) is 2.92. The minimum atomic E-state index is 0.226. The van der Waals surface area contributed by atoms with Gasteiger partial charge in [0.1, 0.15) is 5.82 Å². The Morgan fingerprint density at radius 3 is 2.71 bits per heavy atom. The van der Waals surface area contributed by atoms with Crippen LogP contribution in [0, 0.1) is 6.92 Å². The van der Waals surface area contributed by atoms with E-state index in [1.165, 1.54) is 0 Å². The molecule has 21 heavy (non-hydrogen) atoms. The number of hydrogen-bond donors (Lipinski definition) is 1. The van der Waals surface area contributed by atoms with Gasteiger partial charge >= 0.3 is 0 Å². The molecule has 0 spiro atoms. The first-order valence-electron chi connectivity index (χ1n) is 7.18. The van der Waals surface area contributed by atoms with E-state index in [1.807, 2.05) is 18.2 Å². The molecule has 2 aromatic rings. The SMILES string of the molecule is COc1ccc(-c2nc3n(c2C)CC(N)CC3)cc1OC. The van der Waals surface area contributed by atoms with E-state index in [4.69, 9.17) is 20.2 Å². The number of aryl methyl sites for hydroxylation is 1. The molecule has 1 aromatic carbocycles. The van der Waals surface area contributed by atoms with Crippen LogP contribution in [0.25, 0.3) is 11.3 Å². The highest BCUT2D eigenvalue weighted by atomic mass is 16.5. The van der Waals surface area contributed by atoms with Crippen molar-refractivity contribution in [2.75, 3.05) is 14.2 Å². The Balaban J connectivity index is 2.05. The number of nitrogens with two attached hydrogens (primary N) is 1. The van der Waals surface area contributed by atoms with E-state index in [1.54, 1.807) is 14.2 Å². The normalized spacial score (nSPS) is 17.4. The van der Waals surface area contributed by atoms with Crippen molar-refractivity contribution in [1.82, 2.24) is 9.55 Å². The second kappa shape index (κ2) is 5.41. The molecule has 0 aliphatic carbocycles. The van der Waals surface area contributed by atoms with Crippen LogP contribution >= 0.6 is 0 Å². The van der Waals surface area contributed by atoms with Crippen LogP contribution in [-0.4, -0.2) is 29.8 Å². The molecular formula is C16H21N3O2. The Bertz CT molecular complexity index is 664. The summed E-state index contributed by atoms with van der Waals surface area (Å²) in [4.78, 5) is 4.80. The Morgan fingerprint density at radius 2 is 2.00 bits per heavy atom. The number of ether oxygens (including phenoxy) is 2. The van der Waals surface area contributed by atoms with Crippen molar-refractivity contribution < 1.29 is 9.47 Å². The summed E-state index contributed by atoms with van der Waals surface area (Å²) in [5.74, 6) is 2.57. The zero-order chi connectivity index (χ0) is 15.0. The number of benzene rings is 1. The molecule has 0 saturated heterocycles. The van der Waals surface area contributed by atoms with Gasteiger partial charge in [-0.05, 0) is 31.5 Å². The third-order valence-electron chi connectivity index (χ3n) is 4.11. The molecule has 5 heteroatoms. The lowest BCUT2D eigenvalue weighted by Gasteiger charge is -2.21. The van der Waals surface area contributed by atoms with Gasteiger partial charge in [-0.25, -0.2) is 4.98 Å². The highest BCUT2D eigenvalue weighted by molar-refractivity contribution is 5.66. The molecule has 0 amide bonds. The fourth-order valence-electron chi connectivity index (χ4n) is 2.92. The summed E-state index contributed by atoms with van der Waals surface area (Å²) in [6, 6.07) is 6.13. The molecule has 0 bridgehead atoms. The van der Waals surface area contributed by atoms with E-state index in [0.29, 0.717) is 0 Å². The van der Waals surface area contributed by atoms with Gasteiger partial charge in [0.15, 0.2) is 11.5 Å². The first-order valence-corrected chi connectivity index (χ1v) is 7.18. The topological polar surface area (TPSA) is 62.3 Å². The lowest BCUT2D eigenvalue weighted by atomic mass is 10.1. The minimum absolute atomic E-state index is 0.226. The van der Waals surface area contributed by atoms with Crippen molar-refractivity contribution in [2.24, 2.45) is 5.73 Å². The number of imidazole rings is 1. The number of rotatable bonds is 3. The molecule has 0 fully saturated rings. The Kier molecular flexibility index (Phi) is 3.59. The third kappa shape index (κ3) is 2.38. The summed E-state index contributed by atoms with van der Waals surface area (Å²) in [5, 5.41) is 0. The summed E-state index contributed by atoms with van der Waals surface area (Å²) < 4.78 is 12.9.